The molecule has 5 rings (SSSR count). The second kappa shape index (κ2) is 13.8. The standard InChI is InChI=1S/C22H16F3N5O2S.C5H10FN/c23-15-11-17(32-21-14(7-4-9-27-21)16-8-10-28-22(26)29-16)18(24)19(25)20(15)30-33(31)12-13-5-2-1-3-6-13;6-5-2-1-3-7-4-5/h1-11,30H,12H2,(H2,26,28,29);5,7H,1-4H2. The fraction of sp³-hybridized carbons (Fsp3) is 0.222. The van der Waals surface area contributed by atoms with E-state index in [1.54, 1.807) is 42.5 Å². The lowest BCUT2D eigenvalue weighted by atomic mass is 10.1. The van der Waals surface area contributed by atoms with Gasteiger partial charge in [-0.2, -0.15) is 4.39 Å². The van der Waals surface area contributed by atoms with E-state index in [-0.39, 0.29) is 17.6 Å². The molecule has 1 fully saturated rings. The highest BCUT2D eigenvalue weighted by atomic mass is 32.2. The van der Waals surface area contributed by atoms with E-state index in [0.29, 0.717) is 29.4 Å². The van der Waals surface area contributed by atoms with Gasteiger partial charge in [0.05, 0.1) is 17.0 Å². The number of nitrogens with zero attached hydrogens (tertiary/aromatic N) is 3. The fourth-order valence-corrected chi connectivity index (χ4v) is 4.70. The van der Waals surface area contributed by atoms with Gasteiger partial charge in [0, 0.05) is 25.0 Å². The van der Waals surface area contributed by atoms with E-state index in [1.165, 1.54) is 18.5 Å². The largest absolute Gasteiger partial charge is 0.435 e. The number of pyridine rings is 1. The zero-order valence-electron chi connectivity index (χ0n) is 21.1. The molecule has 0 radical (unpaired) electrons. The molecule has 3 heterocycles. The van der Waals surface area contributed by atoms with E-state index < -0.39 is 46.0 Å². The molecule has 40 heavy (non-hydrogen) atoms. The van der Waals surface area contributed by atoms with Crippen LogP contribution in [0.5, 0.6) is 11.6 Å². The number of nitrogens with two attached hydrogens (primary N) is 1. The molecule has 0 bridgehead atoms. The second-order valence-electron chi connectivity index (χ2n) is 8.64. The Kier molecular flexibility index (Phi) is 9.97. The van der Waals surface area contributed by atoms with Crippen molar-refractivity contribution >= 4 is 22.6 Å². The van der Waals surface area contributed by atoms with Crippen molar-refractivity contribution in [1.82, 2.24) is 20.3 Å². The Labute approximate surface area is 230 Å². The van der Waals surface area contributed by atoms with Crippen molar-refractivity contribution in [3.8, 4) is 22.9 Å². The van der Waals surface area contributed by atoms with Crippen LogP contribution in [0.3, 0.4) is 0 Å². The van der Waals surface area contributed by atoms with Crippen molar-refractivity contribution in [3.63, 3.8) is 0 Å². The summed E-state index contributed by atoms with van der Waals surface area (Å²) in [6.45, 7) is 1.57. The maximum Gasteiger partial charge on any atom is 0.228 e. The zero-order chi connectivity index (χ0) is 28.5. The SMILES string of the molecule is FC1CCCNC1.Nc1nccc(-c2cccnc2Oc2cc(F)c(NS(=O)Cc3ccccc3)c(F)c2F)n1. The van der Waals surface area contributed by atoms with E-state index in [9.17, 15) is 21.8 Å². The van der Waals surface area contributed by atoms with Crippen molar-refractivity contribution in [2.45, 2.75) is 24.8 Å². The second-order valence-corrected chi connectivity index (χ2v) is 9.82. The van der Waals surface area contributed by atoms with Crippen LogP contribution in [0.15, 0.2) is 67.0 Å². The molecule has 2 aromatic carbocycles. The minimum absolute atomic E-state index is 0.00972. The lowest BCUT2D eigenvalue weighted by molar-refractivity contribution is 0.266. The number of hydrogen-bond donors (Lipinski definition) is 3. The molecule has 0 saturated carbocycles. The number of anilines is 2. The van der Waals surface area contributed by atoms with Crippen LogP contribution < -0.4 is 20.5 Å². The van der Waals surface area contributed by atoms with Gasteiger partial charge in [0.25, 0.3) is 0 Å². The third kappa shape index (κ3) is 7.73. The summed E-state index contributed by atoms with van der Waals surface area (Å²) in [7, 11) is -1.90. The average molecular weight is 575 g/mol. The van der Waals surface area contributed by atoms with E-state index in [2.05, 4.69) is 25.0 Å². The van der Waals surface area contributed by atoms with Gasteiger partial charge in [-0.15, -0.1) is 0 Å². The van der Waals surface area contributed by atoms with Gasteiger partial charge in [-0.1, -0.05) is 30.3 Å². The molecule has 2 atom stereocenters. The minimum Gasteiger partial charge on any atom is -0.435 e. The number of benzene rings is 2. The molecule has 210 valence electrons. The Hall–Kier alpha value is -4.10. The van der Waals surface area contributed by atoms with Gasteiger partial charge in [-0.3, -0.25) is 4.72 Å². The van der Waals surface area contributed by atoms with E-state index in [0.717, 1.165) is 19.4 Å². The summed E-state index contributed by atoms with van der Waals surface area (Å²) in [6.07, 6.45) is 3.95. The number of rotatable bonds is 7. The highest BCUT2D eigenvalue weighted by Crippen LogP contribution is 2.35. The van der Waals surface area contributed by atoms with Gasteiger partial charge in [-0.05, 0) is 43.1 Å². The summed E-state index contributed by atoms with van der Waals surface area (Å²) in [6, 6.07) is 14.0. The lowest BCUT2D eigenvalue weighted by Crippen LogP contribution is -2.30. The van der Waals surface area contributed by atoms with Crippen LogP contribution in [0.1, 0.15) is 18.4 Å². The Balaban J connectivity index is 0.000000461. The normalized spacial score (nSPS) is 15.4. The van der Waals surface area contributed by atoms with Crippen molar-refractivity contribution in [2.75, 3.05) is 23.5 Å². The molecule has 8 nitrogen and oxygen atoms in total. The molecule has 1 saturated heterocycles. The minimum atomic E-state index is -1.90. The molecule has 13 heteroatoms. The summed E-state index contributed by atoms with van der Waals surface area (Å²) in [5, 5.41) is 2.96. The Morgan fingerprint density at radius 1 is 1.05 bits per heavy atom. The van der Waals surface area contributed by atoms with Gasteiger partial charge in [-0.25, -0.2) is 32.3 Å². The van der Waals surface area contributed by atoms with Crippen LogP contribution in [0, 0.1) is 17.5 Å². The maximum absolute atomic E-state index is 14.7. The van der Waals surface area contributed by atoms with Crippen LogP contribution in [0.4, 0.5) is 29.2 Å². The number of halogens is 4. The molecular formula is C27H26F4N6O2S. The van der Waals surface area contributed by atoms with Gasteiger partial charge >= 0.3 is 0 Å². The predicted octanol–water partition coefficient (Wildman–Crippen LogP) is 5.31. The summed E-state index contributed by atoms with van der Waals surface area (Å²) in [5.74, 6) is -5.17. The lowest BCUT2D eigenvalue weighted by Gasteiger charge is -2.14. The smallest absolute Gasteiger partial charge is 0.228 e. The first-order valence-electron chi connectivity index (χ1n) is 12.2. The molecule has 0 amide bonds. The summed E-state index contributed by atoms with van der Waals surface area (Å²) < 4.78 is 76.0. The Morgan fingerprint density at radius 2 is 1.85 bits per heavy atom. The van der Waals surface area contributed by atoms with E-state index in [1.807, 2.05) is 0 Å². The number of nitrogen functional groups attached to an aromatic ring is 1. The monoisotopic (exact) mass is 574 g/mol. The van der Waals surface area contributed by atoms with Crippen LogP contribution in [0.2, 0.25) is 0 Å². The summed E-state index contributed by atoms with van der Waals surface area (Å²) in [5.41, 5.74) is 6.03. The van der Waals surface area contributed by atoms with Gasteiger partial charge in [0.1, 0.15) is 22.8 Å². The molecule has 0 aliphatic carbocycles. The topological polar surface area (TPSA) is 115 Å². The number of piperidine rings is 1. The first kappa shape index (κ1) is 28.9. The predicted molar refractivity (Wildman–Crippen MR) is 145 cm³/mol. The Morgan fingerprint density at radius 3 is 2.52 bits per heavy atom. The first-order valence-corrected chi connectivity index (χ1v) is 13.6. The molecule has 4 aromatic rings. The Bertz CT molecular complexity index is 1460. The number of aromatic nitrogens is 3. The van der Waals surface area contributed by atoms with Crippen molar-refractivity contribution in [1.29, 1.82) is 0 Å². The first-order chi connectivity index (χ1) is 19.3. The van der Waals surface area contributed by atoms with Crippen LogP contribution >= 0.6 is 0 Å². The van der Waals surface area contributed by atoms with Gasteiger partial charge in [0.2, 0.25) is 17.6 Å². The number of alkyl halides is 1. The van der Waals surface area contributed by atoms with Gasteiger partial charge < -0.3 is 15.8 Å². The summed E-state index contributed by atoms with van der Waals surface area (Å²) >= 11 is 0. The van der Waals surface area contributed by atoms with E-state index >= 15 is 0 Å². The molecule has 1 aliphatic rings. The highest BCUT2D eigenvalue weighted by molar-refractivity contribution is 7.85. The number of hydrogen-bond acceptors (Lipinski definition) is 7. The van der Waals surface area contributed by atoms with Crippen molar-refractivity contribution < 1.29 is 26.5 Å². The highest BCUT2D eigenvalue weighted by Gasteiger charge is 2.23. The zero-order valence-corrected chi connectivity index (χ0v) is 21.9. The van der Waals surface area contributed by atoms with Crippen LogP contribution in [0.25, 0.3) is 11.3 Å². The van der Waals surface area contributed by atoms with Crippen LogP contribution in [-0.2, 0) is 16.7 Å². The molecule has 0 spiro atoms. The van der Waals surface area contributed by atoms with Crippen molar-refractivity contribution in [2.24, 2.45) is 0 Å². The van der Waals surface area contributed by atoms with Crippen LogP contribution in [-0.4, -0.2) is 38.4 Å². The quantitative estimate of drug-likeness (QED) is 0.202. The molecule has 4 N–H and O–H groups in total. The number of nitrogens with one attached hydrogen (secondary N) is 2. The number of ether oxygens (including phenoxy) is 1. The van der Waals surface area contributed by atoms with Crippen molar-refractivity contribution in [3.05, 3.63) is 90.0 Å². The average Bonchev–Trinajstić information content (AvgIpc) is 2.95. The maximum atomic E-state index is 14.7. The van der Waals surface area contributed by atoms with E-state index in [4.69, 9.17) is 10.5 Å². The molecule has 2 unspecified atom stereocenters. The third-order valence-electron chi connectivity index (χ3n) is 5.65. The van der Waals surface area contributed by atoms with Gasteiger partial charge in [0.15, 0.2) is 17.4 Å². The third-order valence-corrected chi connectivity index (χ3v) is 6.67. The molecule has 1 aliphatic heterocycles. The summed E-state index contributed by atoms with van der Waals surface area (Å²) in [4.78, 5) is 11.8. The molecule has 2 aromatic heterocycles. The molecular weight excluding hydrogens is 548 g/mol. The fourth-order valence-electron chi connectivity index (χ4n) is 3.72.